The van der Waals surface area contributed by atoms with E-state index in [1.165, 1.54) is 25.4 Å². The maximum atomic E-state index is 12.7. The number of nitrogens with one attached hydrogen (secondary N) is 1. The summed E-state index contributed by atoms with van der Waals surface area (Å²) < 4.78 is 25.5. The van der Waals surface area contributed by atoms with Gasteiger partial charge in [-0.1, -0.05) is 18.2 Å². The number of carbonyl (C=O) groups is 1. The molecular formula is C16H17N3O4S. The fraction of sp³-hybridized carbons (Fsp3) is 0.250. The van der Waals surface area contributed by atoms with E-state index >= 15 is 0 Å². The van der Waals surface area contributed by atoms with Crippen molar-refractivity contribution in [2.75, 3.05) is 25.1 Å². The number of para-hydroxylation sites is 1. The number of aliphatic hydroxyl groups excluding tert-OH is 1. The topological polar surface area (TPSA) is 99.6 Å². The fourth-order valence-corrected chi connectivity index (χ4v) is 3.42. The van der Waals surface area contributed by atoms with Crippen molar-refractivity contribution >= 4 is 21.6 Å². The molecule has 1 atom stereocenters. The number of hydrogen-bond acceptors (Lipinski definition) is 5. The first kappa shape index (κ1) is 16.6. The largest absolute Gasteiger partial charge is 0.396 e. The predicted molar refractivity (Wildman–Crippen MR) is 88.4 cm³/mol. The molecule has 0 spiro atoms. The molecule has 8 heteroatoms. The lowest BCUT2D eigenvalue weighted by atomic mass is 10.0. The van der Waals surface area contributed by atoms with Crippen molar-refractivity contribution in [1.29, 1.82) is 0 Å². The Hall–Kier alpha value is -2.29. The lowest BCUT2D eigenvalue weighted by molar-refractivity contribution is 0.0986. The van der Waals surface area contributed by atoms with Crippen LogP contribution in [0.3, 0.4) is 0 Å². The molecule has 2 N–H and O–H groups in total. The number of benzene rings is 1. The standard InChI is InChI=1S/C16H17N3O4S/c1-17-24(22,23)15-7-6-11(8-18-15)16(21)19-9-12(10-20)13-4-2-3-5-14(13)19/h2-8,12,17,20H,9-10H2,1H3. The highest BCUT2D eigenvalue weighted by Gasteiger charge is 2.32. The van der Waals surface area contributed by atoms with Crippen LogP contribution in [0.25, 0.3) is 0 Å². The van der Waals surface area contributed by atoms with Crippen LogP contribution in [0.5, 0.6) is 0 Å². The number of hydrogen-bond donors (Lipinski definition) is 2. The normalized spacial score (nSPS) is 16.9. The molecule has 3 rings (SSSR count). The molecule has 126 valence electrons. The smallest absolute Gasteiger partial charge is 0.259 e. The maximum Gasteiger partial charge on any atom is 0.259 e. The average Bonchev–Trinajstić information content (AvgIpc) is 3.00. The second kappa shape index (κ2) is 6.31. The number of rotatable bonds is 4. The van der Waals surface area contributed by atoms with E-state index in [4.69, 9.17) is 0 Å². The summed E-state index contributed by atoms with van der Waals surface area (Å²) >= 11 is 0. The first-order valence-electron chi connectivity index (χ1n) is 7.39. The van der Waals surface area contributed by atoms with E-state index in [2.05, 4.69) is 9.71 Å². The van der Waals surface area contributed by atoms with E-state index in [9.17, 15) is 18.3 Å². The van der Waals surface area contributed by atoms with Gasteiger partial charge in [-0.15, -0.1) is 0 Å². The SMILES string of the molecule is CNS(=O)(=O)c1ccc(C(=O)N2CC(CO)c3ccccc32)cn1. The Morgan fingerprint density at radius 1 is 1.33 bits per heavy atom. The number of anilines is 1. The zero-order valence-electron chi connectivity index (χ0n) is 13.0. The van der Waals surface area contributed by atoms with Crippen LogP contribution in [0, 0.1) is 0 Å². The van der Waals surface area contributed by atoms with Crippen LogP contribution in [0.2, 0.25) is 0 Å². The van der Waals surface area contributed by atoms with Crippen molar-refractivity contribution in [2.24, 2.45) is 0 Å². The fourth-order valence-electron chi connectivity index (χ4n) is 2.77. The van der Waals surface area contributed by atoms with Crippen molar-refractivity contribution in [1.82, 2.24) is 9.71 Å². The lowest BCUT2D eigenvalue weighted by Gasteiger charge is -2.17. The molecule has 1 aliphatic heterocycles. The number of aliphatic hydroxyl groups is 1. The lowest BCUT2D eigenvalue weighted by Crippen LogP contribution is -2.30. The van der Waals surface area contributed by atoms with E-state index in [-0.39, 0.29) is 23.5 Å². The van der Waals surface area contributed by atoms with Gasteiger partial charge in [-0.25, -0.2) is 18.1 Å². The van der Waals surface area contributed by atoms with Crippen molar-refractivity contribution in [3.63, 3.8) is 0 Å². The van der Waals surface area contributed by atoms with Crippen LogP contribution in [0.1, 0.15) is 21.8 Å². The Morgan fingerprint density at radius 3 is 2.71 bits per heavy atom. The van der Waals surface area contributed by atoms with Crippen LogP contribution in [-0.4, -0.2) is 44.6 Å². The van der Waals surface area contributed by atoms with Crippen LogP contribution in [-0.2, 0) is 10.0 Å². The van der Waals surface area contributed by atoms with Gasteiger partial charge in [0.15, 0.2) is 5.03 Å². The second-order valence-corrected chi connectivity index (χ2v) is 7.28. The van der Waals surface area contributed by atoms with E-state index in [0.29, 0.717) is 12.1 Å². The molecule has 0 saturated carbocycles. The van der Waals surface area contributed by atoms with Gasteiger partial charge < -0.3 is 10.0 Å². The number of amides is 1. The third-order valence-electron chi connectivity index (χ3n) is 4.06. The summed E-state index contributed by atoms with van der Waals surface area (Å²) in [4.78, 5) is 18.2. The molecule has 0 fully saturated rings. The van der Waals surface area contributed by atoms with Gasteiger partial charge in [0, 0.05) is 24.3 Å². The summed E-state index contributed by atoms with van der Waals surface area (Å²) in [5.74, 6) is -0.402. The quantitative estimate of drug-likeness (QED) is 0.849. The summed E-state index contributed by atoms with van der Waals surface area (Å²) in [5.41, 5.74) is 1.97. The van der Waals surface area contributed by atoms with Crippen LogP contribution in [0.4, 0.5) is 5.69 Å². The van der Waals surface area contributed by atoms with Gasteiger partial charge in [-0.3, -0.25) is 4.79 Å². The zero-order valence-corrected chi connectivity index (χ0v) is 13.8. The van der Waals surface area contributed by atoms with Crippen LogP contribution < -0.4 is 9.62 Å². The van der Waals surface area contributed by atoms with Gasteiger partial charge in [0.1, 0.15) is 0 Å². The molecule has 2 heterocycles. The van der Waals surface area contributed by atoms with E-state index in [1.54, 1.807) is 4.90 Å². The average molecular weight is 347 g/mol. The summed E-state index contributed by atoms with van der Waals surface area (Å²) in [6.45, 7) is 0.337. The van der Waals surface area contributed by atoms with Gasteiger partial charge in [0.2, 0.25) is 0 Å². The molecule has 0 saturated heterocycles. The van der Waals surface area contributed by atoms with Gasteiger partial charge in [0.25, 0.3) is 15.9 Å². The van der Waals surface area contributed by atoms with Gasteiger partial charge in [0.05, 0.1) is 12.2 Å². The van der Waals surface area contributed by atoms with Crippen LogP contribution in [0.15, 0.2) is 47.6 Å². The number of nitrogens with zero attached hydrogens (tertiary/aromatic N) is 2. The Morgan fingerprint density at radius 2 is 2.08 bits per heavy atom. The molecule has 0 radical (unpaired) electrons. The highest BCUT2D eigenvalue weighted by Crippen LogP contribution is 2.36. The minimum absolute atomic E-state index is 0.0433. The third kappa shape index (κ3) is 2.79. The van der Waals surface area contributed by atoms with E-state index in [1.807, 2.05) is 24.3 Å². The van der Waals surface area contributed by atoms with Gasteiger partial charge in [-0.2, -0.15) is 0 Å². The van der Waals surface area contributed by atoms with Crippen molar-refractivity contribution in [3.8, 4) is 0 Å². The highest BCUT2D eigenvalue weighted by molar-refractivity contribution is 7.89. The minimum Gasteiger partial charge on any atom is -0.396 e. The van der Waals surface area contributed by atoms with Crippen LogP contribution >= 0.6 is 0 Å². The monoisotopic (exact) mass is 347 g/mol. The molecule has 24 heavy (non-hydrogen) atoms. The highest BCUT2D eigenvalue weighted by atomic mass is 32.2. The third-order valence-corrected chi connectivity index (χ3v) is 5.39. The van der Waals surface area contributed by atoms with Crippen molar-refractivity contribution in [3.05, 3.63) is 53.7 Å². The Balaban J connectivity index is 1.91. The van der Waals surface area contributed by atoms with Gasteiger partial charge >= 0.3 is 0 Å². The second-order valence-electron chi connectivity index (χ2n) is 5.45. The van der Waals surface area contributed by atoms with Crippen molar-refractivity contribution in [2.45, 2.75) is 10.9 Å². The molecule has 0 bridgehead atoms. The summed E-state index contributed by atoms with van der Waals surface area (Å²) in [6.07, 6.45) is 1.25. The summed E-state index contributed by atoms with van der Waals surface area (Å²) in [5, 5.41) is 9.37. The first-order valence-corrected chi connectivity index (χ1v) is 8.87. The Bertz CT molecular complexity index is 865. The van der Waals surface area contributed by atoms with E-state index < -0.39 is 10.0 Å². The summed E-state index contributed by atoms with van der Waals surface area (Å²) in [6, 6.07) is 10.2. The number of fused-ring (bicyclic) bond motifs is 1. The molecular weight excluding hydrogens is 330 g/mol. The summed E-state index contributed by atoms with van der Waals surface area (Å²) in [7, 11) is -2.34. The molecule has 2 aromatic rings. The number of sulfonamides is 1. The predicted octanol–water partition coefficient (Wildman–Crippen LogP) is 0.726. The Kier molecular flexibility index (Phi) is 4.35. The molecule has 0 aliphatic carbocycles. The number of carbonyl (C=O) groups excluding carboxylic acids is 1. The number of pyridine rings is 1. The van der Waals surface area contributed by atoms with E-state index in [0.717, 1.165) is 11.3 Å². The molecule has 7 nitrogen and oxygen atoms in total. The Labute approximate surface area is 140 Å². The molecule has 1 aromatic carbocycles. The molecule has 1 aromatic heterocycles. The number of aromatic nitrogens is 1. The maximum absolute atomic E-state index is 12.7. The molecule has 1 unspecified atom stereocenters. The molecule has 1 aliphatic rings. The zero-order chi connectivity index (χ0) is 17.3. The molecule has 1 amide bonds. The minimum atomic E-state index is -3.64. The van der Waals surface area contributed by atoms with Crippen molar-refractivity contribution < 1.29 is 18.3 Å². The van der Waals surface area contributed by atoms with Gasteiger partial charge in [-0.05, 0) is 30.8 Å². The first-order chi connectivity index (χ1) is 11.5.